The van der Waals surface area contributed by atoms with Crippen molar-refractivity contribution in [3.05, 3.63) is 40.7 Å². The van der Waals surface area contributed by atoms with Crippen LogP contribution in [0.2, 0.25) is 0 Å². The normalized spacial score (nSPS) is 15.0. The van der Waals surface area contributed by atoms with Gasteiger partial charge in [-0.15, -0.1) is 0 Å². The molecule has 172 valence electrons. The molecule has 1 aromatic carbocycles. The molecule has 2 heterocycles. The summed E-state index contributed by atoms with van der Waals surface area (Å²) < 4.78 is 55.0. The highest BCUT2D eigenvalue weighted by Gasteiger charge is 2.44. The molecular formula is C18H17F4N5O5. The van der Waals surface area contributed by atoms with Crippen molar-refractivity contribution in [3.63, 3.8) is 0 Å². The minimum absolute atomic E-state index is 0.0184. The van der Waals surface area contributed by atoms with E-state index in [1.54, 1.807) is 4.90 Å². The summed E-state index contributed by atoms with van der Waals surface area (Å²) >= 11 is 0. The van der Waals surface area contributed by atoms with Gasteiger partial charge in [0, 0.05) is 24.8 Å². The maximum atomic E-state index is 13.2. The first-order valence-electron chi connectivity index (χ1n) is 9.27. The third-order valence-electron chi connectivity index (χ3n) is 4.73. The van der Waals surface area contributed by atoms with Crippen LogP contribution in [0, 0.1) is 16.0 Å². The van der Waals surface area contributed by atoms with Crippen molar-refractivity contribution in [1.29, 1.82) is 0 Å². The van der Waals surface area contributed by atoms with Gasteiger partial charge in [0.1, 0.15) is 12.1 Å². The number of carboxylic acids is 1. The van der Waals surface area contributed by atoms with E-state index in [-0.39, 0.29) is 43.3 Å². The Morgan fingerprint density at radius 3 is 2.59 bits per heavy atom. The second kappa shape index (κ2) is 9.20. The zero-order valence-electron chi connectivity index (χ0n) is 16.3. The molecule has 1 aliphatic heterocycles. The number of nitrogens with one attached hydrogen (secondary N) is 1. The molecule has 1 fully saturated rings. The van der Waals surface area contributed by atoms with Gasteiger partial charge in [0.15, 0.2) is 0 Å². The summed E-state index contributed by atoms with van der Waals surface area (Å²) in [4.78, 5) is 31.5. The van der Waals surface area contributed by atoms with Crippen molar-refractivity contribution in [1.82, 2.24) is 9.97 Å². The molecule has 2 aromatic rings. The van der Waals surface area contributed by atoms with Crippen LogP contribution in [0.25, 0.3) is 0 Å². The largest absolute Gasteiger partial charge is 0.481 e. The topological polar surface area (TPSA) is 131 Å². The van der Waals surface area contributed by atoms with Crippen molar-refractivity contribution in [2.75, 3.05) is 23.3 Å². The van der Waals surface area contributed by atoms with Crippen molar-refractivity contribution in [2.45, 2.75) is 25.4 Å². The maximum Gasteiger partial charge on any atom is 0.461 e. The van der Waals surface area contributed by atoms with Crippen LogP contribution in [0.5, 0.6) is 5.75 Å². The number of benzene rings is 1. The lowest BCUT2D eigenvalue weighted by Gasteiger charge is -2.30. The van der Waals surface area contributed by atoms with Crippen LogP contribution in [0.15, 0.2) is 30.6 Å². The predicted octanol–water partition coefficient (Wildman–Crippen LogP) is 3.67. The zero-order valence-corrected chi connectivity index (χ0v) is 16.3. The van der Waals surface area contributed by atoms with Crippen LogP contribution in [-0.2, 0) is 4.79 Å². The number of carbonyl (C=O) groups is 1. The van der Waals surface area contributed by atoms with Crippen molar-refractivity contribution in [2.24, 2.45) is 5.92 Å². The molecule has 0 amide bonds. The molecule has 0 atom stereocenters. The van der Waals surface area contributed by atoms with E-state index in [0.29, 0.717) is 0 Å². The van der Waals surface area contributed by atoms with E-state index >= 15 is 0 Å². The second-order valence-electron chi connectivity index (χ2n) is 6.87. The van der Waals surface area contributed by atoms with Crippen molar-refractivity contribution >= 4 is 29.0 Å². The lowest BCUT2D eigenvalue weighted by molar-refractivity contribution is -0.383. The SMILES string of the molecule is O=C(O)C1CCN(c2ncnc(Nc3cccc(OC(F)(F)C(F)F)c3)c2[N+](=O)[O-])CC1. The minimum Gasteiger partial charge on any atom is -0.481 e. The number of aromatic nitrogens is 2. The summed E-state index contributed by atoms with van der Waals surface area (Å²) in [6.07, 6.45) is -7.16. The van der Waals surface area contributed by atoms with E-state index in [1.165, 1.54) is 12.1 Å². The summed E-state index contributed by atoms with van der Waals surface area (Å²) in [6, 6.07) is 4.55. The summed E-state index contributed by atoms with van der Waals surface area (Å²) in [5.41, 5.74) is -0.490. The Bertz CT molecular complexity index is 1000. The molecule has 0 aliphatic carbocycles. The summed E-state index contributed by atoms with van der Waals surface area (Å²) in [5.74, 6) is -2.39. The van der Waals surface area contributed by atoms with E-state index in [2.05, 4.69) is 20.0 Å². The number of rotatable bonds is 8. The zero-order chi connectivity index (χ0) is 23.5. The third-order valence-corrected chi connectivity index (χ3v) is 4.73. The average molecular weight is 459 g/mol. The van der Waals surface area contributed by atoms with Gasteiger partial charge >= 0.3 is 24.2 Å². The number of nitrogens with zero attached hydrogens (tertiary/aromatic N) is 4. The molecule has 10 nitrogen and oxygen atoms in total. The van der Waals surface area contributed by atoms with Crippen LogP contribution in [0.3, 0.4) is 0 Å². The lowest BCUT2D eigenvalue weighted by atomic mass is 9.97. The Morgan fingerprint density at radius 1 is 1.31 bits per heavy atom. The predicted molar refractivity (Wildman–Crippen MR) is 103 cm³/mol. The van der Waals surface area contributed by atoms with Gasteiger partial charge in [-0.25, -0.2) is 9.97 Å². The molecule has 0 bridgehead atoms. The quantitative estimate of drug-likeness (QED) is 0.345. The molecule has 1 saturated heterocycles. The van der Waals surface area contributed by atoms with Crippen LogP contribution >= 0.6 is 0 Å². The van der Waals surface area contributed by atoms with Crippen LogP contribution in [0.1, 0.15) is 12.8 Å². The Morgan fingerprint density at radius 2 is 2.00 bits per heavy atom. The van der Waals surface area contributed by atoms with Crippen molar-refractivity contribution in [3.8, 4) is 5.75 Å². The van der Waals surface area contributed by atoms with Gasteiger partial charge in [-0.1, -0.05) is 6.07 Å². The van der Waals surface area contributed by atoms with Crippen LogP contribution in [-0.4, -0.2) is 51.6 Å². The molecule has 32 heavy (non-hydrogen) atoms. The standard InChI is InChI=1S/C18H17F4N5O5/c19-17(20)18(21,22)32-12-3-1-2-11(8-12)25-14-13(27(30)31)15(24-9-23-14)26-6-4-10(5-7-26)16(28)29/h1-3,8-10,17H,4-7H2,(H,28,29)(H,23,24,25). The average Bonchev–Trinajstić information content (AvgIpc) is 2.73. The number of hydrogen-bond acceptors (Lipinski definition) is 8. The van der Waals surface area contributed by atoms with Crippen LogP contribution < -0.4 is 15.0 Å². The highest BCUT2D eigenvalue weighted by molar-refractivity contribution is 5.75. The Kier molecular flexibility index (Phi) is 6.60. The van der Waals surface area contributed by atoms with E-state index in [4.69, 9.17) is 5.11 Å². The monoisotopic (exact) mass is 459 g/mol. The molecule has 0 radical (unpaired) electrons. The molecule has 0 spiro atoms. The highest BCUT2D eigenvalue weighted by atomic mass is 19.3. The fourth-order valence-electron chi connectivity index (χ4n) is 3.17. The molecule has 14 heteroatoms. The number of aliphatic carboxylic acids is 1. The lowest BCUT2D eigenvalue weighted by Crippen LogP contribution is -2.37. The van der Waals surface area contributed by atoms with Gasteiger partial charge in [-0.3, -0.25) is 14.9 Å². The first-order valence-corrected chi connectivity index (χ1v) is 9.27. The van der Waals surface area contributed by atoms with Crippen molar-refractivity contribution < 1.29 is 37.1 Å². The van der Waals surface area contributed by atoms with Gasteiger partial charge in [0.05, 0.1) is 10.8 Å². The van der Waals surface area contributed by atoms with E-state index in [1.807, 2.05) is 0 Å². The number of anilines is 3. The Hall–Kier alpha value is -3.71. The number of halogens is 4. The van der Waals surface area contributed by atoms with Gasteiger partial charge in [0.25, 0.3) is 0 Å². The fraction of sp³-hybridized carbons (Fsp3) is 0.389. The molecule has 3 rings (SSSR count). The first kappa shape index (κ1) is 23.0. The Balaban J connectivity index is 1.85. The second-order valence-corrected chi connectivity index (χ2v) is 6.87. The number of piperidine rings is 1. The maximum absolute atomic E-state index is 13.2. The smallest absolute Gasteiger partial charge is 0.461 e. The molecular weight excluding hydrogens is 442 g/mol. The van der Waals surface area contributed by atoms with E-state index < -0.39 is 40.8 Å². The summed E-state index contributed by atoms with van der Waals surface area (Å²) in [7, 11) is 0. The molecule has 0 unspecified atom stereocenters. The highest BCUT2D eigenvalue weighted by Crippen LogP contribution is 2.36. The molecule has 2 N–H and O–H groups in total. The summed E-state index contributed by atoms with van der Waals surface area (Å²) in [6.45, 7) is 0.445. The van der Waals surface area contributed by atoms with Gasteiger partial charge in [0.2, 0.25) is 11.6 Å². The number of nitro groups is 1. The minimum atomic E-state index is -4.71. The molecule has 1 aromatic heterocycles. The fourth-order valence-corrected chi connectivity index (χ4v) is 3.17. The third kappa shape index (κ3) is 5.12. The van der Waals surface area contributed by atoms with Crippen LogP contribution in [0.4, 0.5) is 40.6 Å². The Labute approximate surface area is 178 Å². The number of ether oxygens (including phenoxy) is 1. The number of hydrogen-bond donors (Lipinski definition) is 2. The van der Waals surface area contributed by atoms with E-state index in [0.717, 1.165) is 18.5 Å². The van der Waals surface area contributed by atoms with Gasteiger partial charge < -0.3 is 20.1 Å². The molecule has 1 aliphatic rings. The van der Waals surface area contributed by atoms with Gasteiger partial charge in [-0.2, -0.15) is 17.6 Å². The summed E-state index contributed by atoms with van der Waals surface area (Å²) in [5, 5.41) is 23.4. The number of carboxylic acid groups (broad SMARTS) is 1. The molecule has 0 saturated carbocycles. The first-order chi connectivity index (χ1) is 15.1. The van der Waals surface area contributed by atoms with Gasteiger partial charge in [-0.05, 0) is 25.0 Å². The number of alkyl halides is 4. The van der Waals surface area contributed by atoms with E-state index in [9.17, 15) is 32.5 Å².